The van der Waals surface area contributed by atoms with Crippen LogP contribution in [-0.2, 0) is 0 Å². The molecule has 0 aromatic heterocycles. The Kier molecular flexibility index (Phi) is 4.68. The Morgan fingerprint density at radius 3 is 2.22 bits per heavy atom. The van der Waals surface area contributed by atoms with Gasteiger partial charge in [-0.15, -0.1) is 12.4 Å². The molecule has 0 aliphatic rings. The summed E-state index contributed by atoms with van der Waals surface area (Å²) in [6.07, 6.45) is 0. The zero-order valence-electron chi connectivity index (χ0n) is 9.39. The van der Waals surface area contributed by atoms with Gasteiger partial charge in [0.1, 0.15) is 11.6 Å². The fraction of sp³-hybridized carbons (Fsp3) is 0. The van der Waals surface area contributed by atoms with Crippen LogP contribution in [0.2, 0.25) is 0 Å². The van der Waals surface area contributed by atoms with Crippen LogP contribution in [0.15, 0.2) is 48.5 Å². The molecule has 0 amide bonds. The first-order chi connectivity index (χ1) is 8.16. The molecule has 0 spiro atoms. The van der Waals surface area contributed by atoms with Gasteiger partial charge in [-0.3, -0.25) is 5.41 Å². The fourth-order valence-corrected chi connectivity index (χ4v) is 1.36. The zero-order chi connectivity index (χ0) is 12.3. The number of hydrogen-bond donors (Lipinski definition) is 2. The number of nitrogens with two attached hydrogens (primary N) is 1. The smallest absolute Gasteiger partial charge is 0.165 e. The SMILES string of the molecule is Cl.N=C(N)c1ccc(Oc2ccccc2F)cc1. The van der Waals surface area contributed by atoms with Gasteiger partial charge in [0.15, 0.2) is 11.6 Å². The lowest BCUT2D eigenvalue weighted by Crippen LogP contribution is -2.10. The molecule has 2 aromatic carbocycles. The fourth-order valence-electron chi connectivity index (χ4n) is 1.36. The van der Waals surface area contributed by atoms with E-state index in [2.05, 4.69) is 0 Å². The van der Waals surface area contributed by atoms with Crippen molar-refractivity contribution in [1.82, 2.24) is 0 Å². The van der Waals surface area contributed by atoms with Crippen LogP contribution in [0.5, 0.6) is 11.5 Å². The van der Waals surface area contributed by atoms with Crippen molar-refractivity contribution in [2.75, 3.05) is 0 Å². The van der Waals surface area contributed by atoms with Crippen LogP contribution in [0.25, 0.3) is 0 Å². The number of para-hydroxylation sites is 1. The third-order valence-corrected chi connectivity index (χ3v) is 2.23. The average molecular weight is 267 g/mol. The number of nitrogen functional groups attached to an aromatic ring is 1. The van der Waals surface area contributed by atoms with Crippen LogP contribution in [0.4, 0.5) is 4.39 Å². The number of halogens is 2. The highest BCUT2D eigenvalue weighted by Crippen LogP contribution is 2.23. The molecule has 18 heavy (non-hydrogen) atoms. The maximum absolute atomic E-state index is 13.3. The highest BCUT2D eigenvalue weighted by atomic mass is 35.5. The number of amidine groups is 1. The molecule has 0 bridgehead atoms. The lowest BCUT2D eigenvalue weighted by Gasteiger charge is -2.06. The Bertz CT molecular complexity index is 543. The molecule has 0 saturated carbocycles. The Morgan fingerprint density at radius 2 is 1.67 bits per heavy atom. The first-order valence-electron chi connectivity index (χ1n) is 5.03. The summed E-state index contributed by atoms with van der Waals surface area (Å²) >= 11 is 0. The summed E-state index contributed by atoms with van der Waals surface area (Å²) in [7, 11) is 0. The number of ether oxygens (including phenoxy) is 1. The van der Waals surface area contributed by atoms with Crippen molar-refractivity contribution in [1.29, 1.82) is 5.41 Å². The molecule has 3 N–H and O–H groups in total. The van der Waals surface area contributed by atoms with E-state index >= 15 is 0 Å². The minimum Gasteiger partial charge on any atom is -0.454 e. The molecule has 0 aliphatic carbocycles. The standard InChI is InChI=1S/C13H11FN2O.ClH/c14-11-3-1-2-4-12(11)17-10-7-5-9(6-8-10)13(15)16;/h1-8H,(H3,15,16);1H. The molecule has 3 nitrogen and oxygen atoms in total. The van der Waals surface area contributed by atoms with Crippen molar-refractivity contribution >= 4 is 18.2 Å². The summed E-state index contributed by atoms with van der Waals surface area (Å²) in [4.78, 5) is 0. The second kappa shape index (κ2) is 6.02. The summed E-state index contributed by atoms with van der Waals surface area (Å²) in [5.41, 5.74) is 5.93. The number of nitrogens with one attached hydrogen (secondary N) is 1. The van der Waals surface area contributed by atoms with Gasteiger partial charge in [0.2, 0.25) is 0 Å². The van der Waals surface area contributed by atoms with Crippen molar-refractivity contribution in [2.45, 2.75) is 0 Å². The third kappa shape index (κ3) is 3.21. The molecular weight excluding hydrogens is 255 g/mol. The summed E-state index contributed by atoms with van der Waals surface area (Å²) in [5, 5.41) is 7.24. The normalized spacial score (nSPS) is 9.39. The number of hydrogen-bond acceptors (Lipinski definition) is 2. The highest BCUT2D eigenvalue weighted by molar-refractivity contribution is 5.94. The molecular formula is C13H12ClFN2O. The molecule has 0 aliphatic heterocycles. The lowest BCUT2D eigenvalue weighted by atomic mass is 10.2. The molecule has 0 atom stereocenters. The van der Waals surface area contributed by atoms with Crippen molar-refractivity contribution in [3.05, 3.63) is 59.9 Å². The molecule has 0 saturated heterocycles. The van der Waals surface area contributed by atoms with Gasteiger partial charge in [-0.25, -0.2) is 4.39 Å². The average Bonchev–Trinajstić information content (AvgIpc) is 2.33. The second-order valence-corrected chi connectivity index (χ2v) is 3.47. The van der Waals surface area contributed by atoms with E-state index < -0.39 is 5.82 Å². The van der Waals surface area contributed by atoms with E-state index in [-0.39, 0.29) is 24.0 Å². The quantitative estimate of drug-likeness (QED) is 0.661. The Balaban J connectivity index is 0.00000162. The molecule has 0 radical (unpaired) electrons. The van der Waals surface area contributed by atoms with E-state index in [0.29, 0.717) is 11.3 Å². The minimum absolute atomic E-state index is 0. The van der Waals surface area contributed by atoms with Crippen LogP contribution in [0.3, 0.4) is 0 Å². The van der Waals surface area contributed by atoms with Crippen LogP contribution in [0.1, 0.15) is 5.56 Å². The minimum atomic E-state index is -0.414. The Hall–Kier alpha value is -2.07. The Morgan fingerprint density at radius 1 is 1.06 bits per heavy atom. The summed E-state index contributed by atoms with van der Waals surface area (Å²) < 4.78 is 18.7. The second-order valence-electron chi connectivity index (χ2n) is 3.47. The van der Waals surface area contributed by atoms with E-state index in [9.17, 15) is 4.39 Å². The number of rotatable bonds is 3. The molecule has 0 unspecified atom stereocenters. The maximum Gasteiger partial charge on any atom is 0.165 e. The van der Waals surface area contributed by atoms with Gasteiger partial charge in [0.05, 0.1) is 0 Å². The first-order valence-corrected chi connectivity index (χ1v) is 5.03. The monoisotopic (exact) mass is 266 g/mol. The van der Waals surface area contributed by atoms with E-state index in [1.54, 1.807) is 42.5 Å². The maximum atomic E-state index is 13.3. The van der Waals surface area contributed by atoms with E-state index in [1.165, 1.54) is 6.07 Å². The predicted octanol–water partition coefficient (Wildman–Crippen LogP) is 3.32. The van der Waals surface area contributed by atoms with E-state index in [1.807, 2.05) is 0 Å². The van der Waals surface area contributed by atoms with E-state index in [0.717, 1.165) is 0 Å². The van der Waals surface area contributed by atoms with Crippen molar-refractivity contribution in [2.24, 2.45) is 5.73 Å². The molecule has 0 heterocycles. The molecule has 2 rings (SSSR count). The molecule has 94 valence electrons. The molecule has 0 fully saturated rings. The summed E-state index contributed by atoms with van der Waals surface area (Å²) in [6.45, 7) is 0. The van der Waals surface area contributed by atoms with E-state index in [4.69, 9.17) is 15.9 Å². The first kappa shape index (κ1) is 14.0. The van der Waals surface area contributed by atoms with Crippen molar-refractivity contribution in [3.63, 3.8) is 0 Å². The highest BCUT2D eigenvalue weighted by Gasteiger charge is 2.03. The van der Waals surface area contributed by atoms with Gasteiger partial charge >= 0.3 is 0 Å². The van der Waals surface area contributed by atoms with Gasteiger partial charge < -0.3 is 10.5 Å². The molecule has 5 heteroatoms. The predicted molar refractivity (Wildman–Crippen MR) is 71.2 cm³/mol. The van der Waals surface area contributed by atoms with Crippen LogP contribution >= 0.6 is 12.4 Å². The molecule has 2 aromatic rings. The van der Waals surface area contributed by atoms with Crippen LogP contribution in [0, 0.1) is 11.2 Å². The zero-order valence-corrected chi connectivity index (χ0v) is 10.2. The van der Waals surface area contributed by atoms with Crippen LogP contribution < -0.4 is 10.5 Å². The van der Waals surface area contributed by atoms with Crippen molar-refractivity contribution in [3.8, 4) is 11.5 Å². The lowest BCUT2D eigenvalue weighted by molar-refractivity contribution is 0.442. The van der Waals surface area contributed by atoms with Gasteiger partial charge in [-0.05, 0) is 36.4 Å². The summed E-state index contributed by atoms with van der Waals surface area (Å²) in [6, 6.07) is 12.8. The van der Waals surface area contributed by atoms with Gasteiger partial charge in [-0.1, -0.05) is 12.1 Å². The van der Waals surface area contributed by atoms with Gasteiger partial charge in [0, 0.05) is 5.56 Å². The summed E-state index contributed by atoms with van der Waals surface area (Å²) in [5.74, 6) is 0.244. The van der Waals surface area contributed by atoms with Gasteiger partial charge in [-0.2, -0.15) is 0 Å². The van der Waals surface area contributed by atoms with Crippen LogP contribution in [-0.4, -0.2) is 5.84 Å². The number of benzene rings is 2. The van der Waals surface area contributed by atoms with Crippen molar-refractivity contribution < 1.29 is 9.13 Å². The topological polar surface area (TPSA) is 59.1 Å². The Labute approximate surface area is 110 Å². The third-order valence-electron chi connectivity index (χ3n) is 2.23. The van der Waals surface area contributed by atoms with Gasteiger partial charge in [0.25, 0.3) is 0 Å². The largest absolute Gasteiger partial charge is 0.454 e.